The molecule has 0 saturated heterocycles. The lowest BCUT2D eigenvalue weighted by Gasteiger charge is -2.16. The lowest BCUT2D eigenvalue weighted by molar-refractivity contribution is 1.41. The van der Waals surface area contributed by atoms with E-state index in [-0.39, 0.29) is 28.7 Å². The lowest BCUT2D eigenvalue weighted by atomic mass is 10.2. The fourth-order valence-corrected chi connectivity index (χ4v) is 26.9. The molecule has 0 N–H and O–H groups in total. The van der Waals surface area contributed by atoms with Crippen LogP contribution in [-0.2, 0) is 0 Å². The van der Waals surface area contributed by atoms with Gasteiger partial charge in [0.1, 0.15) is 0 Å². The highest BCUT2D eigenvalue weighted by Crippen LogP contribution is 2.91. The van der Waals surface area contributed by atoms with Gasteiger partial charge < -0.3 is 0 Å². The van der Waals surface area contributed by atoms with Crippen LogP contribution in [0, 0.1) is 41.5 Å². The summed E-state index contributed by atoms with van der Waals surface area (Å²) in [7, 11) is -0.196. The van der Waals surface area contributed by atoms with Crippen LogP contribution in [-0.4, -0.2) is 0 Å². The molecule has 4 heteroatoms. The maximum Gasteiger partial charge on any atom is 0.0398 e. The predicted molar refractivity (Wildman–Crippen MR) is 109 cm³/mol. The van der Waals surface area contributed by atoms with E-state index < -0.39 is 0 Å². The summed E-state index contributed by atoms with van der Waals surface area (Å²) in [6.07, 6.45) is 0. The van der Waals surface area contributed by atoms with E-state index in [0.29, 0.717) is 0 Å². The van der Waals surface area contributed by atoms with Gasteiger partial charge in [0.2, 0.25) is 0 Å². The molecule has 3 aromatic rings. The smallest absolute Gasteiger partial charge is 0.0398 e. The summed E-state index contributed by atoms with van der Waals surface area (Å²) in [5.41, 5.74) is 9.11. The Balaban J connectivity index is 2.17. The molecule has 0 aliphatic heterocycles. The highest BCUT2D eigenvalue weighted by molar-refractivity contribution is 8.79. The van der Waals surface area contributed by atoms with Crippen molar-refractivity contribution in [2.45, 2.75) is 41.5 Å². The molecule has 0 nitrogen and oxygen atoms in total. The van der Waals surface area contributed by atoms with Crippen LogP contribution in [0.15, 0.2) is 34.8 Å². The van der Waals surface area contributed by atoms with E-state index in [1.807, 2.05) is 0 Å². The third kappa shape index (κ3) is 3.05. The molecule has 0 aliphatic rings. The van der Waals surface area contributed by atoms with Crippen molar-refractivity contribution in [1.29, 1.82) is 0 Å². The van der Waals surface area contributed by atoms with Crippen LogP contribution < -0.4 is 0 Å². The van der Waals surface area contributed by atoms with Crippen molar-refractivity contribution in [3.63, 3.8) is 0 Å². The molecule has 22 heavy (non-hydrogen) atoms. The second-order valence-corrected chi connectivity index (χ2v) is 21.2. The largest absolute Gasteiger partial charge is 0.0829 e. The van der Waals surface area contributed by atoms with Crippen molar-refractivity contribution in [1.82, 2.24) is 0 Å². The third-order valence-corrected chi connectivity index (χ3v) is 26.5. The summed E-state index contributed by atoms with van der Waals surface area (Å²) in [6.45, 7) is 13.7. The lowest BCUT2D eigenvalue weighted by Crippen LogP contribution is -1.63. The maximum absolute atomic E-state index is 2.61. The van der Waals surface area contributed by atoms with E-state index in [2.05, 4.69) is 76.3 Å². The van der Waals surface area contributed by atoms with Crippen molar-refractivity contribution in [2.24, 2.45) is 0 Å². The van der Waals surface area contributed by atoms with Gasteiger partial charge in [0.15, 0.2) is 0 Å². The summed E-state index contributed by atoms with van der Waals surface area (Å²) in [6, 6.07) is 0. The van der Waals surface area contributed by atoms with Crippen LogP contribution in [0.25, 0.3) is 0 Å². The van der Waals surface area contributed by atoms with Gasteiger partial charge in [-0.2, -0.15) is 0 Å². The molecular formula is C18H24P4. The summed E-state index contributed by atoms with van der Waals surface area (Å²) < 4.78 is 0. The molecule has 0 spiro atoms. The second-order valence-electron chi connectivity index (χ2n) is 6.28. The molecule has 3 heterocycles. The molecule has 3 aromatic heterocycles. The highest BCUT2D eigenvalue weighted by Gasteiger charge is 2.20. The summed E-state index contributed by atoms with van der Waals surface area (Å²) in [5.74, 6) is 15.6. The van der Waals surface area contributed by atoms with Crippen LogP contribution in [0.2, 0.25) is 0 Å². The first kappa shape index (κ1) is 16.6. The molecule has 0 bridgehead atoms. The van der Waals surface area contributed by atoms with Crippen molar-refractivity contribution in [3.05, 3.63) is 68.2 Å². The Morgan fingerprint density at radius 2 is 0.636 bits per heavy atom. The average molecular weight is 364 g/mol. The van der Waals surface area contributed by atoms with Crippen LogP contribution in [0.3, 0.4) is 0 Å². The Kier molecular flexibility index (Phi) is 4.79. The standard InChI is InChI=1S/C18H24P4/c1-13-7-19(8-14(13)2)22(20-9-15(3)16(4)10-20)21-11-17(5)18(6)12-21/h7-12H,1-6H3. The van der Waals surface area contributed by atoms with Gasteiger partial charge in [-0.25, -0.2) is 0 Å². The van der Waals surface area contributed by atoms with Gasteiger partial charge in [-0.15, -0.1) is 0 Å². The molecule has 0 atom stereocenters. The number of aryl methyl sites for hydroxylation is 6. The number of rotatable bonds is 3. The Hall–Kier alpha value is -0.230. The molecule has 0 saturated carbocycles. The fourth-order valence-electron chi connectivity index (χ4n) is 2.58. The Labute approximate surface area is 138 Å². The van der Waals surface area contributed by atoms with Gasteiger partial charge in [-0.3, -0.25) is 0 Å². The van der Waals surface area contributed by atoms with Gasteiger partial charge in [0, 0.05) is 6.99 Å². The molecule has 116 valence electrons. The SMILES string of the molecule is Cc1cp(P(p2cc(C)c(C)c2)p2cc(C)c(C)c2)cc1C. The van der Waals surface area contributed by atoms with Crippen LogP contribution in [0.1, 0.15) is 33.4 Å². The van der Waals surface area contributed by atoms with Gasteiger partial charge in [-0.05, 0) is 110 Å². The van der Waals surface area contributed by atoms with Gasteiger partial charge in [0.25, 0.3) is 0 Å². The van der Waals surface area contributed by atoms with E-state index in [4.69, 9.17) is 0 Å². The number of hydrogen-bond acceptors (Lipinski definition) is 0. The Bertz CT molecular complexity index is 648. The van der Waals surface area contributed by atoms with E-state index >= 15 is 0 Å². The van der Waals surface area contributed by atoms with E-state index in [1.54, 1.807) is 0 Å². The van der Waals surface area contributed by atoms with Crippen molar-refractivity contribution in [3.8, 4) is 0 Å². The number of hydrogen-bond donors (Lipinski definition) is 0. The zero-order valence-corrected chi connectivity index (χ0v) is 17.8. The first-order chi connectivity index (χ1) is 10.4. The summed E-state index contributed by atoms with van der Waals surface area (Å²) in [5, 5.41) is 0. The molecule has 0 unspecified atom stereocenters. The highest BCUT2D eigenvalue weighted by atomic mass is 32.7. The Morgan fingerprint density at radius 1 is 0.455 bits per heavy atom. The quantitative estimate of drug-likeness (QED) is 0.408. The first-order valence-electron chi connectivity index (χ1n) is 7.63. The van der Waals surface area contributed by atoms with Crippen molar-refractivity contribution in [2.75, 3.05) is 0 Å². The minimum atomic E-state index is -0.0655. The fraction of sp³-hybridized carbons (Fsp3) is 0.333. The van der Waals surface area contributed by atoms with Gasteiger partial charge in [0.05, 0.1) is 0 Å². The van der Waals surface area contributed by atoms with Crippen LogP contribution >= 0.6 is 28.7 Å². The van der Waals surface area contributed by atoms with Crippen molar-refractivity contribution >= 4 is 28.7 Å². The summed E-state index contributed by atoms with van der Waals surface area (Å²) in [4.78, 5) is 0. The van der Waals surface area contributed by atoms with Crippen LogP contribution in [0.5, 0.6) is 0 Å². The van der Waals surface area contributed by atoms with E-state index in [1.165, 1.54) is 33.4 Å². The first-order valence-corrected chi connectivity index (χ1v) is 15.5. The molecule has 0 aromatic carbocycles. The second kappa shape index (κ2) is 6.34. The van der Waals surface area contributed by atoms with Gasteiger partial charge >= 0.3 is 0 Å². The zero-order chi connectivity index (χ0) is 16.0. The van der Waals surface area contributed by atoms with Gasteiger partial charge in [-0.1, -0.05) is 21.7 Å². The molecule has 3 rings (SSSR count). The minimum Gasteiger partial charge on any atom is -0.0829 e. The Morgan fingerprint density at radius 3 is 0.818 bits per heavy atom. The predicted octanol–water partition coefficient (Wildman–Crippen LogP) is 8.67. The maximum atomic E-state index is 2.61. The molecule has 0 radical (unpaired) electrons. The molecule has 0 aliphatic carbocycles. The van der Waals surface area contributed by atoms with E-state index in [9.17, 15) is 0 Å². The molecule has 0 fully saturated rings. The minimum absolute atomic E-state index is 0.0123. The third-order valence-electron chi connectivity index (χ3n) is 4.44. The average Bonchev–Trinajstić information content (AvgIpc) is 3.04. The normalized spacial score (nSPS) is 11.6. The van der Waals surface area contributed by atoms with Crippen molar-refractivity contribution < 1.29 is 0 Å². The monoisotopic (exact) mass is 364 g/mol. The topological polar surface area (TPSA) is 0 Å². The van der Waals surface area contributed by atoms with E-state index in [0.717, 1.165) is 0 Å². The molecule has 0 amide bonds. The molecular weight excluding hydrogens is 340 g/mol. The van der Waals surface area contributed by atoms with Crippen LogP contribution in [0.4, 0.5) is 0 Å². The zero-order valence-electron chi connectivity index (χ0n) is 14.3. The summed E-state index contributed by atoms with van der Waals surface area (Å²) >= 11 is 0.